The number of hydrogen-bond acceptors (Lipinski definition) is 5. The van der Waals surface area contributed by atoms with Gasteiger partial charge in [0, 0.05) is 20.1 Å². The minimum Gasteiger partial charge on any atom is -0.468 e. The van der Waals surface area contributed by atoms with Gasteiger partial charge in [-0.1, -0.05) is 18.6 Å². The predicted octanol–water partition coefficient (Wildman–Crippen LogP) is 2.44. The zero-order chi connectivity index (χ0) is 20.7. The van der Waals surface area contributed by atoms with Gasteiger partial charge in [-0.25, -0.2) is 13.6 Å². The number of nitrogens with two attached hydrogens (primary N) is 1. The molecule has 1 aliphatic heterocycles. The van der Waals surface area contributed by atoms with Crippen molar-refractivity contribution in [2.24, 2.45) is 10.1 Å². The molecular formula is C20H30IN5O3S. The number of likely N-dealkylation sites (tertiary alicyclic amines) is 1. The van der Waals surface area contributed by atoms with Crippen LogP contribution in [0.3, 0.4) is 0 Å². The molecule has 2 heterocycles. The summed E-state index contributed by atoms with van der Waals surface area (Å²) in [4.78, 5) is 6.82. The number of rotatable bonds is 7. The van der Waals surface area contributed by atoms with Crippen molar-refractivity contribution < 1.29 is 12.8 Å². The summed E-state index contributed by atoms with van der Waals surface area (Å²) in [6, 6.07) is 10.6. The Hall–Kier alpha value is -1.63. The second-order valence-corrected chi connectivity index (χ2v) is 8.69. The van der Waals surface area contributed by atoms with Crippen LogP contribution in [0.15, 0.2) is 57.0 Å². The van der Waals surface area contributed by atoms with E-state index < -0.39 is 10.0 Å². The third-order valence-electron chi connectivity index (χ3n) is 5.08. The number of guanidine groups is 1. The molecule has 0 bridgehead atoms. The van der Waals surface area contributed by atoms with Crippen molar-refractivity contribution in [2.75, 3.05) is 26.7 Å². The first-order valence-corrected chi connectivity index (χ1v) is 11.4. The van der Waals surface area contributed by atoms with Gasteiger partial charge in [0.15, 0.2) is 5.96 Å². The summed E-state index contributed by atoms with van der Waals surface area (Å²) in [5.74, 6) is 1.58. The molecule has 1 aliphatic rings. The highest BCUT2D eigenvalue weighted by molar-refractivity contribution is 14.0. The Kier molecular flexibility index (Phi) is 9.59. The Bertz CT molecular complexity index is 912. The quantitative estimate of drug-likeness (QED) is 0.279. The number of nitrogens with zero attached hydrogens (tertiary/aromatic N) is 2. The number of nitrogens with one attached hydrogen (secondary N) is 2. The molecule has 1 aromatic heterocycles. The summed E-state index contributed by atoms with van der Waals surface area (Å²) in [6.07, 6.45) is 5.38. The van der Waals surface area contributed by atoms with Gasteiger partial charge in [0.05, 0.1) is 17.2 Å². The van der Waals surface area contributed by atoms with Crippen LogP contribution in [0.5, 0.6) is 0 Å². The normalized spacial score (nSPS) is 16.5. The molecule has 1 aromatic carbocycles. The van der Waals surface area contributed by atoms with E-state index >= 15 is 0 Å². The van der Waals surface area contributed by atoms with Crippen molar-refractivity contribution in [3.63, 3.8) is 0 Å². The lowest BCUT2D eigenvalue weighted by molar-refractivity contribution is 0.146. The van der Waals surface area contributed by atoms with Crippen molar-refractivity contribution >= 4 is 40.0 Å². The zero-order valence-electron chi connectivity index (χ0n) is 17.1. The first-order valence-electron chi connectivity index (χ1n) is 9.81. The Morgan fingerprint density at radius 3 is 2.60 bits per heavy atom. The van der Waals surface area contributed by atoms with Crippen LogP contribution in [0.4, 0.5) is 0 Å². The number of halogens is 1. The topological polar surface area (TPSA) is 113 Å². The summed E-state index contributed by atoms with van der Waals surface area (Å²) in [6.45, 7) is 3.20. The maximum Gasteiger partial charge on any atom is 0.238 e. The van der Waals surface area contributed by atoms with E-state index in [0.717, 1.165) is 24.4 Å². The lowest BCUT2D eigenvalue weighted by atomic mass is 10.1. The molecule has 8 nitrogen and oxygen atoms in total. The van der Waals surface area contributed by atoms with Gasteiger partial charge in [-0.3, -0.25) is 9.89 Å². The maximum absolute atomic E-state index is 11.5. The molecule has 30 heavy (non-hydrogen) atoms. The van der Waals surface area contributed by atoms with Gasteiger partial charge in [0.25, 0.3) is 0 Å². The van der Waals surface area contributed by atoms with E-state index in [4.69, 9.17) is 9.56 Å². The second-order valence-electron chi connectivity index (χ2n) is 7.13. The molecule has 0 aliphatic carbocycles. The summed E-state index contributed by atoms with van der Waals surface area (Å²) >= 11 is 0. The van der Waals surface area contributed by atoms with Gasteiger partial charge in [0.2, 0.25) is 10.0 Å². The highest BCUT2D eigenvalue weighted by Gasteiger charge is 2.24. The minimum atomic E-state index is -3.72. The van der Waals surface area contributed by atoms with Crippen LogP contribution in [0, 0.1) is 0 Å². The molecule has 0 saturated carbocycles. The lowest BCUT2D eigenvalue weighted by Crippen LogP contribution is -2.44. The average Bonchev–Trinajstić information content (AvgIpc) is 3.25. The molecule has 1 fully saturated rings. The number of furan rings is 1. The molecule has 1 atom stereocenters. The maximum atomic E-state index is 11.5. The molecule has 4 N–H and O–H groups in total. The highest BCUT2D eigenvalue weighted by Crippen LogP contribution is 2.24. The molecular weight excluding hydrogens is 517 g/mol. The van der Waals surface area contributed by atoms with Crippen LogP contribution in [-0.2, 0) is 16.6 Å². The third kappa shape index (κ3) is 6.96. The molecule has 10 heteroatoms. The predicted molar refractivity (Wildman–Crippen MR) is 128 cm³/mol. The summed E-state index contributed by atoms with van der Waals surface area (Å²) in [7, 11) is -2.01. The lowest BCUT2D eigenvalue weighted by Gasteiger charge is -2.33. The molecule has 166 valence electrons. The Morgan fingerprint density at radius 2 is 1.97 bits per heavy atom. The van der Waals surface area contributed by atoms with E-state index in [1.807, 2.05) is 18.2 Å². The summed E-state index contributed by atoms with van der Waals surface area (Å²) in [5, 5.41) is 11.8. The first kappa shape index (κ1) is 24.6. The Balaban J connectivity index is 0.00000320. The Labute approximate surface area is 195 Å². The van der Waals surface area contributed by atoms with E-state index in [1.54, 1.807) is 25.4 Å². The van der Waals surface area contributed by atoms with E-state index in [0.29, 0.717) is 19.0 Å². The van der Waals surface area contributed by atoms with Crippen LogP contribution in [0.1, 0.15) is 36.6 Å². The van der Waals surface area contributed by atoms with E-state index in [-0.39, 0.29) is 34.9 Å². The number of primary sulfonamides is 1. The minimum absolute atomic E-state index is 0. The summed E-state index contributed by atoms with van der Waals surface area (Å²) < 4.78 is 28.7. The summed E-state index contributed by atoms with van der Waals surface area (Å²) in [5.41, 5.74) is 0.804. The second kappa shape index (κ2) is 11.7. The van der Waals surface area contributed by atoms with Crippen LogP contribution < -0.4 is 15.8 Å². The molecule has 2 aromatic rings. The highest BCUT2D eigenvalue weighted by atomic mass is 127. The molecule has 0 amide bonds. The van der Waals surface area contributed by atoms with Gasteiger partial charge in [0.1, 0.15) is 5.76 Å². The van der Waals surface area contributed by atoms with Gasteiger partial charge in [-0.15, -0.1) is 24.0 Å². The zero-order valence-corrected chi connectivity index (χ0v) is 20.2. The van der Waals surface area contributed by atoms with Gasteiger partial charge >= 0.3 is 0 Å². The molecule has 1 saturated heterocycles. The smallest absolute Gasteiger partial charge is 0.238 e. The third-order valence-corrected chi connectivity index (χ3v) is 5.99. The average molecular weight is 547 g/mol. The van der Waals surface area contributed by atoms with Crippen molar-refractivity contribution in [3.05, 3.63) is 54.0 Å². The van der Waals surface area contributed by atoms with E-state index in [9.17, 15) is 8.42 Å². The van der Waals surface area contributed by atoms with Crippen LogP contribution >= 0.6 is 24.0 Å². The van der Waals surface area contributed by atoms with Crippen LogP contribution in [0.25, 0.3) is 0 Å². The molecule has 1 unspecified atom stereocenters. The van der Waals surface area contributed by atoms with Crippen molar-refractivity contribution in [2.45, 2.75) is 36.7 Å². The standard InChI is InChI=1S/C20H29N5O3S.HI/c1-22-20(23-14-16-7-5-8-17(13-16)29(21,26)27)24-15-18(19-9-6-12-28-19)25-10-3-2-4-11-25;/h5-9,12-13,18H,2-4,10-11,14-15H2,1H3,(H2,21,26,27)(H2,22,23,24);1H. The number of sulfonamides is 1. The van der Waals surface area contributed by atoms with Crippen molar-refractivity contribution in [1.82, 2.24) is 15.5 Å². The molecule has 0 radical (unpaired) electrons. The Morgan fingerprint density at radius 1 is 1.20 bits per heavy atom. The van der Waals surface area contributed by atoms with Crippen molar-refractivity contribution in [1.29, 1.82) is 0 Å². The first-order chi connectivity index (χ1) is 14.0. The monoisotopic (exact) mass is 547 g/mol. The number of benzene rings is 1. The van der Waals surface area contributed by atoms with Gasteiger partial charge in [-0.2, -0.15) is 0 Å². The fraction of sp³-hybridized carbons (Fsp3) is 0.450. The fourth-order valence-electron chi connectivity index (χ4n) is 3.55. The van der Waals surface area contributed by atoms with Crippen LogP contribution in [-0.4, -0.2) is 46.0 Å². The largest absolute Gasteiger partial charge is 0.468 e. The van der Waals surface area contributed by atoms with E-state index in [1.165, 1.54) is 25.3 Å². The van der Waals surface area contributed by atoms with E-state index in [2.05, 4.69) is 20.5 Å². The molecule has 3 rings (SSSR count). The van der Waals surface area contributed by atoms with Crippen LogP contribution in [0.2, 0.25) is 0 Å². The van der Waals surface area contributed by atoms with Crippen molar-refractivity contribution in [3.8, 4) is 0 Å². The number of aliphatic imine (C=N–C) groups is 1. The molecule has 0 spiro atoms. The van der Waals surface area contributed by atoms with Gasteiger partial charge < -0.3 is 15.1 Å². The fourth-order valence-corrected chi connectivity index (χ4v) is 4.14. The number of hydrogen-bond donors (Lipinski definition) is 3. The van der Waals surface area contributed by atoms with Gasteiger partial charge in [-0.05, 0) is 55.8 Å². The number of piperidine rings is 1. The SMILES string of the molecule is CN=C(NCc1cccc(S(N)(=O)=O)c1)NCC(c1ccco1)N1CCCCC1.I.